The minimum absolute atomic E-state index is 0.105. The molecule has 1 aromatic heterocycles. The summed E-state index contributed by atoms with van der Waals surface area (Å²) in [4.78, 5) is 16.4. The highest BCUT2D eigenvalue weighted by Gasteiger charge is 2.16. The predicted molar refractivity (Wildman–Crippen MR) is 99.2 cm³/mol. The number of para-hydroxylation sites is 1. The second kappa shape index (κ2) is 8.11. The average Bonchev–Trinajstić information content (AvgIpc) is 2.97. The molecule has 0 atom stereocenters. The van der Waals surface area contributed by atoms with Gasteiger partial charge in [-0.05, 0) is 39.3 Å². The molecule has 1 amide bonds. The Labute approximate surface area is 147 Å². The third-order valence-corrected chi connectivity index (χ3v) is 4.54. The number of ether oxygens (including phenoxy) is 1. The predicted octanol–water partition coefficient (Wildman–Crippen LogP) is 4.35. The molecule has 2 rings (SSSR count). The highest BCUT2D eigenvalue weighted by Crippen LogP contribution is 2.21. The Morgan fingerprint density at radius 2 is 2.12 bits per heavy atom. The Hall–Kier alpha value is -2.14. The van der Waals surface area contributed by atoms with Gasteiger partial charge in [-0.1, -0.05) is 25.1 Å². The van der Waals surface area contributed by atoms with E-state index < -0.39 is 0 Å². The van der Waals surface area contributed by atoms with Gasteiger partial charge in [-0.15, -0.1) is 11.3 Å². The van der Waals surface area contributed by atoms with E-state index in [-0.39, 0.29) is 11.4 Å². The lowest BCUT2D eigenvalue weighted by molar-refractivity contribution is -0.117. The first-order valence-corrected chi connectivity index (χ1v) is 8.90. The number of hydrogen-bond donors (Lipinski definition) is 1. The molecule has 0 radical (unpaired) electrons. The fourth-order valence-corrected chi connectivity index (χ4v) is 2.60. The van der Waals surface area contributed by atoms with Gasteiger partial charge in [0.25, 0.3) is 0 Å². The van der Waals surface area contributed by atoms with Gasteiger partial charge in [-0.2, -0.15) is 0 Å². The van der Waals surface area contributed by atoms with Crippen LogP contribution in [0.15, 0.2) is 35.7 Å². The number of aromatic nitrogens is 1. The van der Waals surface area contributed by atoms with Gasteiger partial charge < -0.3 is 10.1 Å². The number of benzene rings is 1. The summed E-state index contributed by atoms with van der Waals surface area (Å²) in [5.74, 6) is 0.633. The minimum Gasteiger partial charge on any atom is -0.487 e. The molecule has 0 unspecified atom stereocenters. The van der Waals surface area contributed by atoms with Crippen LogP contribution in [0.25, 0.3) is 6.08 Å². The van der Waals surface area contributed by atoms with E-state index in [2.05, 4.69) is 10.3 Å². The number of carbonyl (C=O) groups is 1. The van der Waals surface area contributed by atoms with Gasteiger partial charge in [0.1, 0.15) is 12.4 Å². The van der Waals surface area contributed by atoms with Crippen molar-refractivity contribution < 1.29 is 9.53 Å². The van der Waals surface area contributed by atoms with Crippen LogP contribution in [0.5, 0.6) is 5.75 Å². The SMILES string of the molecule is CCC(C)(C)NC(=O)/C=C/c1ccccc1OCc1csc(C)n1. The van der Waals surface area contributed by atoms with Gasteiger partial charge >= 0.3 is 0 Å². The normalized spacial score (nSPS) is 11.7. The van der Waals surface area contributed by atoms with Gasteiger partial charge in [0.15, 0.2) is 0 Å². The topological polar surface area (TPSA) is 51.2 Å². The van der Waals surface area contributed by atoms with Crippen molar-refractivity contribution in [3.8, 4) is 5.75 Å². The summed E-state index contributed by atoms with van der Waals surface area (Å²) in [6.45, 7) is 8.45. The summed E-state index contributed by atoms with van der Waals surface area (Å²) >= 11 is 1.61. The Morgan fingerprint density at radius 1 is 1.38 bits per heavy atom. The molecule has 24 heavy (non-hydrogen) atoms. The van der Waals surface area contributed by atoms with Crippen LogP contribution >= 0.6 is 11.3 Å². The Kier molecular flexibility index (Phi) is 6.15. The van der Waals surface area contributed by atoms with Crippen LogP contribution in [-0.4, -0.2) is 16.4 Å². The highest BCUT2D eigenvalue weighted by molar-refractivity contribution is 7.09. The molecule has 128 valence electrons. The van der Waals surface area contributed by atoms with Gasteiger partial charge in [-0.25, -0.2) is 4.98 Å². The summed E-state index contributed by atoms with van der Waals surface area (Å²) < 4.78 is 5.85. The number of amides is 1. The molecule has 5 heteroatoms. The summed E-state index contributed by atoms with van der Waals surface area (Å²) in [6, 6.07) is 7.66. The number of thiazole rings is 1. The van der Waals surface area contributed by atoms with E-state index in [1.54, 1.807) is 23.5 Å². The zero-order chi connectivity index (χ0) is 17.6. The molecule has 1 aromatic carbocycles. The standard InChI is InChI=1S/C19H24N2O2S/c1-5-19(3,4)21-18(22)11-10-15-8-6-7-9-17(15)23-12-16-13-24-14(2)20-16/h6-11,13H,5,12H2,1-4H3,(H,21,22)/b11-10+. The molecule has 4 nitrogen and oxygen atoms in total. The van der Waals surface area contributed by atoms with Gasteiger partial charge in [0, 0.05) is 22.6 Å². The van der Waals surface area contributed by atoms with Crippen molar-refractivity contribution in [3.05, 3.63) is 52.0 Å². The Balaban J connectivity index is 2.02. The molecule has 0 spiro atoms. The number of rotatable bonds is 7. The fourth-order valence-electron chi connectivity index (χ4n) is 2.00. The lowest BCUT2D eigenvalue weighted by Gasteiger charge is -2.23. The van der Waals surface area contributed by atoms with E-state index >= 15 is 0 Å². The molecule has 0 aliphatic rings. The molecule has 0 saturated heterocycles. The quantitative estimate of drug-likeness (QED) is 0.760. The molecular formula is C19H24N2O2S. The Morgan fingerprint density at radius 3 is 2.79 bits per heavy atom. The fraction of sp³-hybridized carbons (Fsp3) is 0.368. The van der Waals surface area contributed by atoms with Crippen molar-refractivity contribution in [1.29, 1.82) is 0 Å². The molecule has 0 fully saturated rings. The molecule has 0 saturated carbocycles. The van der Waals surface area contributed by atoms with Crippen LogP contribution in [0.1, 0.15) is 43.5 Å². The number of nitrogens with zero attached hydrogens (tertiary/aromatic N) is 1. The summed E-state index contributed by atoms with van der Waals surface area (Å²) in [7, 11) is 0. The first-order chi connectivity index (χ1) is 11.4. The van der Waals surface area contributed by atoms with Crippen LogP contribution in [0, 0.1) is 6.92 Å². The third-order valence-electron chi connectivity index (χ3n) is 3.72. The zero-order valence-corrected chi connectivity index (χ0v) is 15.4. The maximum absolute atomic E-state index is 12.0. The molecular weight excluding hydrogens is 320 g/mol. The molecule has 1 heterocycles. The van der Waals surface area contributed by atoms with Crippen molar-refractivity contribution in [2.45, 2.75) is 46.3 Å². The monoisotopic (exact) mass is 344 g/mol. The first-order valence-electron chi connectivity index (χ1n) is 8.02. The van der Waals surface area contributed by atoms with Crippen LogP contribution in [-0.2, 0) is 11.4 Å². The largest absolute Gasteiger partial charge is 0.487 e. The van der Waals surface area contributed by atoms with Crippen LogP contribution in [0.4, 0.5) is 0 Å². The van der Waals surface area contributed by atoms with Crippen molar-refractivity contribution in [2.75, 3.05) is 0 Å². The van der Waals surface area contributed by atoms with E-state index in [9.17, 15) is 4.79 Å². The lowest BCUT2D eigenvalue weighted by atomic mass is 10.0. The van der Waals surface area contributed by atoms with Crippen LogP contribution in [0.3, 0.4) is 0 Å². The minimum atomic E-state index is -0.208. The second-order valence-corrected chi connectivity index (χ2v) is 7.31. The van der Waals surface area contributed by atoms with E-state index in [1.807, 2.05) is 57.3 Å². The van der Waals surface area contributed by atoms with E-state index in [4.69, 9.17) is 4.74 Å². The average molecular weight is 344 g/mol. The number of hydrogen-bond acceptors (Lipinski definition) is 4. The maximum Gasteiger partial charge on any atom is 0.244 e. The van der Waals surface area contributed by atoms with Crippen molar-refractivity contribution in [1.82, 2.24) is 10.3 Å². The number of carbonyl (C=O) groups excluding carboxylic acids is 1. The van der Waals surface area contributed by atoms with Crippen molar-refractivity contribution >= 4 is 23.3 Å². The van der Waals surface area contributed by atoms with E-state index in [0.717, 1.165) is 28.4 Å². The zero-order valence-electron chi connectivity index (χ0n) is 14.6. The molecule has 0 aliphatic carbocycles. The third kappa shape index (κ3) is 5.49. The highest BCUT2D eigenvalue weighted by atomic mass is 32.1. The first kappa shape index (κ1) is 18.2. The van der Waals surface area contributed by atoms with Gasteiger partial charge in [-0.3, -0.25) is 4.79 Å². The van der Waals surface area contributed by atoms with Gasteiger partial charge in [0.05, 0.1) is 10.7 Å². The van der Waals surface area contributed by atoms with Gasteiger partial charge in [0.2, 0.25) is 5.91 Å². The number of aryl methyl sites for hydroxylation is 1. The van der Waals surface area contributed by atoms with E-state index in [0.29, 0.717) is 6.61 Å². The van der Waals surface area contributed by atoms with E-state index in [1.165, 1.54) is 0 Å². The molecule has 0 aliphatic heterocycles. The molecule has 1 N–H and O–H groups in total. The van der Waals surface area contributed by atoms with Crippen molar-refractivity contribution in [2.24, 2.45) is 0 Å². The second-order valence-electron chi connectivity index (χ2n) is 6.24. The Bertz CT molecular complexity index is 720. The number of nitrogens with one attached hydrogen (secondary N) is 1. The van der Waals surface area contributed by atoms with Crippen LogP contribution < -0.4 is 10.1 Å². The van der Waals surface area contributed by atoms with Crippen molar-refractivity contribution in [3.63, 3.8) is 0 Å². The smallest absolute Gasteiger partial charge is 0.244 e. The molecule has 2 aromatic rings. The summed E-state index contributed by atoms with van der Waals surface area (Å²) in [5.41, 5.74) is 1.58. The van der Waals surface area contributed by atoms with Crippen LogP contribution in [0.2, 0.25) is 0 Å². The summed E-state index contributed by atoms with van der Waals surface area (Å²) in [6.07, 6.45) is 4.20. The lowest BCUT2D eigenvalue weighted by Crippen LogP contribution is -2.41. The molecule has 0 bridgehead atoms. The summed E-state index contributed by atoms with van der Waals surface area (Å²) in [5, 5.41) is 6.00. The maximum atomic E-state index is 12.0.